The number of nitrogens with zero attached hydrogens (tertiary/aromatic N) is 2. The molecule has 0 spiro atoms. The van der Waals surface area contributed by atoms with Crippen molar-refractivity contribution in [2.24, 2.45) is 11.7 Å². The molecule has 1 heterocycles. The fraction of sp³-hybridized carbons (Fsp3) is 0.462. The molecule has 33 heavy (non-hydrogen) atoms. The number of carbonyl (C=O) groups is 2. The van der Waals surface area contributed by atoms with Gasteiger partial charge in [-0.05, 0) is 36.1 Å². The maximum absolute atomic E-state index is 13.5. The Hall–Kier alpha value is -2.90. The maximum Gasteiger partial charge on any atom is 0.254 e. The van der Waals surface area contributed by atoms with Crippen LogP contribution in [0.25, 0.3) is 0 Å². The maximum atomic E-state index is 13.5. The molecule has 1 saturated heterocycles. The molecule has 7 nitrogen and oxygen atoms in total. The zero-order chi connectivity index (χ0) is 23.8. The van der Waals surface area contributed by atoms with Gasteiger partial charge in [0.1, 0.15) is 11.8 Å². The molecule has 0 aromatic heterocycles. The van der Waals surface area contributed by atoms with Crippen molar-refractivity contribution in [3.63, 3.8) is 0 Å². The smallest absolute Gasteiger partial charge is 0.254 e. The first-order chi connectivity index (χ1) is 15.9. The number of amides is 2. The van der Waals surface area contributed by atoms with E-state index in [0.29, 0.717) is 43.3 Å². The molecule has 1 aliphatic heterocycles. The summed E-state index contributed by atoms with van der Waals surface area (Å²) in [6.45, 7) is 7.30. The van der Waals surface area contributed by atoms with E-state index in [1.165, 1.54) is 5.56 Å². The number of hydrogen-bond donors (Lipinski definition) is 2. The average Bonchev–Trinajstić information content (AvgIpc) is 3.27. The van der Waals surface area contributed by atoms with Crippen molar-refractivity contribution >= 4 is 11.8 Å². The van der Waals surface area contributed by atoms with Crippen LogP contribution in [0.3, 0.4) is 0 Å². The Morgan fingerprint density at radius 3 is 2.61 bits per heavy atom. The summed E-state index contributed by atoms with van der Waals surface area (Å²) in [4.78, 5) is 30.6. The van der Waals surface area contributed by atoms with Gasteiger partial charge in [0.15, 0.2) is 0 Å². The molecule has 2 amide bonds. The molecule has 0 saturated carbocycles. The number of nitrogens with one attached hydrogen (secondary N) is 1. The van der Waals surface area contributed by atoms with Gasteiger partial charge in [0, 0.05) is 44.3 Å². The third-order valence-corrected chi connectivity index (χ3v) is 5.95. The van der Waals surface area contributed by atoms with Crippen molar-refractivity contribution in [1.29, 1.82) is 0 Å². The number of nitrogens with two attached hydrogens (primary N) is 1. The number of ether oxygens (including phenoxy) is 1. The summed E-state index contributed by atoms with van der Waals surface area (Å²) in [7, 11) is 1.58. The van der Waals surface area contributed by atoms with Crippen LogP contribution < -0.4 is 15.8 Å². The number of hydrogen-bond acceptors (Lipinski definition) is 5. The standard InChI is InChI=1S/C26H36N4O3/c1-19(2)16-29(17-20-8-5-4-6-9-20)22-15-24(25(31)28-13-12-27)30(18-22)26(32)21-10-7-11-23(14-21)33-3/h4-11,14,19,22,24H,12-13,15-18,27H2,1-3H3,(H,28,31). The van der Waals surface area contributed by atoms with Gasteiger partial charge >= 0.3 is 0 Å². The van der Waals surface area contributed by atoms with E-state index in [1.807, 2.05) is 18.2 Å². The summed E-state index contributed by atoms with van der Waals surface area (Å²) in [6.07, 6.45) is 0.589. The summed E-state index contributed by atoms with van der Waals surface area (Å²) < 4.78 is 5.29. The van der Waals surface area contributed by atoms with Crippen LogP contribution in [0, 0.1) is 5.92 Å². The molecule has 7 heteroatoms. The van der Waals surface area contributed by atoms with E-state index in [1.54, 1.807) is 36.3 Å². The summed E-state index contributed by atoms with van der Waals surface area (Å²) in [5.74, 6) is 0.768. The highest BCUT2D eigenvalue weighted by molar-refractivity contribution is 5.98. The van der Waals surface area contributed by atoms with Gasteiger partial charge in [-0.3, -0.25) is 14.5 Å². The van der Waals surface area contributed by atoms with Crippen LogP contribution in [0.1, 0.15) is 36.2 Å². The van der Waals surface area contributed by atoms with Crippen LogP contribution in [0.5, 0.6) is 5.75 Å². The Morgan fingerprint density at radius 1 is 1.18 bits per heavy atom. The van der Waals surface area contributed by atoms with Gasteiger partial charge in [-0.25, -0.2) is 0 Å². The largest absolute Gasteiger partial charge is 0.497 e. The second-order valence-corrected chi connectivity index (χ2v) is 8.98. The molecule has 2 unspecified atom stereocenters. The average molecular weight is 453 g/mol. The second-order valence-electron chi connectivity index (χ2n) is 8.98. The quantitative estimate of drug-likeness (QED) is 0.578. The molecule has 3 N–H and O–H groups in total. The summed E-state index contributed by atoms with van der Waals surface area (Å²) >= 11 is 0. The third-order valence-electron chi connectivity index (χ3n) is 5.95. The summed E-state index contributed by atoms with van der Waals surface area (Å²) in [5, 5.41) is 2.88. The van der Waals surface area contributed by atoms with Crippen molar-refractivity contribution in [2.45, 2.75) is 38.9 Å². The molecule has 1 aliphatic rings. The molecule has 2 aromatic rings. The molecule has 3 rings (SSSR count). The van der Waals surface area contributed by atoms with Gasteiger partial charge in [-0.15, -0.1) is 0 Å². The van der Waals surface area contributed by atoms with Crippen LogP contribution in [0.2, 0.25) is 0 Å². The van der Waals surface area contributed by atoms with E-state index in [-0.39, 0.29) is 17.9 Å². The van der Waals surface area contributed by atoms with Gasteiger partial charge in [0.25, 0.3) is 5.91 Å². The molecule has 0 bridgehead atoms. The number of likely N-dealkylation sites (tertiary alicyclic amines) is 1. The van der Waals surface area contributed by atoms with E-state index in [4.69, 9.17) is 10.5 Å². The monoisotopic (exact) mass is 452 g/mol. The molecule has 1 fully saturated rings. The lowest BCUT2D eigenvalue weighted by atomic mass is 10.1. The van der Waals surface area contributed by atoms with E-state index < -0.39 is 6.04 Å². The van der Waals surface area contributed by atoms with E-state index in [2.05, 4.69) is 36.2 Å². The number of rotatable bonds is 10. The van der Waals surface area contributed by atoms with Crippen molar-refractivity contribution in [3.05, 3.63) is 65.7 Å². The topological polar surface area (TPSA) is 87.9 Å². The van der Waals surface area contributed by atoms with Crippen LogP contribution in [-0.4, -0.2) is 67.0 Å². The molecular weight excluding hydrogens is 416 g/mol. The number of benzene rings is 2. The molecule has 2 aromatic carbocycles. The van der Waals surface area contributed by atoms with Gasteiger partial charge in [0.05, 0.1) is 7.11 Å². The van der Waals surface area contributed by atoms with Crippen molar-refractivity contribution < 1.29 is 14.3 Å². The molecule has 0 aliphatic carbocycles. The highest BCUT2D eigenvalue weighted by Crippen LogP contribution is 2.27. The highest BCUT2D eigenvalue weighted by atomic mass is 16.5. The molecule has 0 radical (unpaired) electrons. The van der Waals surface area contributed by atoms with Crippen LogP contribution in [0.15, 0.2) is 54.6 Å². The van der Waals surface area contributed by atoms with Gasteiger partial charge in [0.2, 0.25) is 5.91 Å². The Kier molecular flexibility index (Phi) is 8.86. The molecule has 178 valence electrons. The predicted molar refractivity (Wildman–Crippen MR) is 130 cm³/mol. The van der Waals surface area contributed by atoms with Gasteiger partial charge in [-0.2, -0.15) is 0 Å². The van der Waals surface area contributed by atoms with Crippen molar-refractivity contribution in [2.75, 3.05) is 33.3 Å². The lowest BCUT2D eigenvalue weighted by Crippen LogP contribution is -2.47. The van der Waals surface area contributed by atoms with Gasteiger partial charge in [-0.1, -0.05) is 50.2 Å². The Morgan fingerprint density at radius 2 is 1.94 bits per heavy atom. The lowest BCUT2D eigenvalue weighted by Gasteiger charge is -2.30. The normalized spacial score (nSPS) is 18.1. The van der Waals surface area contributed by atoms with E-state index >= 15 is 0 Å². The summed E-state index contributed by atoms with van der Waals surface area (Å²) in [6, 6.07) is 17.0. The minimum absolute atomic E-state index is 0.0794. The minimum atomic E-state index is -0.536. The van der Waals surface area contributed by atoms with Crippen molar-refractivity contribution in [3.8, 4) is 5.75 Å². The van der Waals surface area contributed by atoms with E-state index in [9.17, 15) is 9.59 Å². The lowest BCUT2D eigenvalue weighted by molar-refractivity contribution is -0.124. The first-order valence-corrected chi connectivity index (χ1v) is 11.6. The number of carbonyl (C=O) groups excluding carboxylic acids is 2. The SMILES string of the molecule is COc1cccc(C(=O)N2CC(N(Cc3ccccc3)CC(C)C)CC2C(=O)NCCN)c1. The van der Waals surface area contributed by atoms with Gasteiger partial charge < -0.3 is 20.7 Å². The first-order valence-electron chi connectivity index (χ1n) is 11.6. The van der Waals surface area contributed by atoms with Crippen molar-refractivity contribution in [1.82, 2.24) is 15.1 Å². The zero-order valence-corrected chi connectivity index (χ0v) is 19.9. The fourth-order valence-electron chi connectivity index (χ4n) is 4.42. The molecule has 2 atom stereocenters. The van der Waals surface area contributed by atoms with Crippen LogP contribution >= 0.6 is 0 Å². The zero-order valence-electron chi connectivity index (χ0n) is 19.9. The highest BCUT2D eigenvalue weighted by Gasteiger charge is 2.42. The molecular formula is C26H36N4O3. The fourth-order valence-corrected chi connectivity index (χ4v) is 4.42. The Labute approximate surface area is 196 Å². The van der Waals surface area contributed by atoms with E-state index in [0.717, 1.165) is 13.1 Å². The minimum Gasteiger partial charge on any atom is -0.497 e. The first kappa shape index (κ1) is 24.7. The number of methoxy groups -OCH3 is 1. The summed E-state index contributed by atoms with van der Waals surface area (Å²) in [5.41, 5.74) is 7.33. The Bertz CT molecular complexity index is 919. The third kappa shape index (κ3) is 6.55. The predicted octanol–water partition coefficient (Wildman–Crippen LogP) is 2.51. The van der Waals surface area contributed by atoms with Crippen LogP contribution in [0.4, 0.5) is 0 Å². The Balaban J connectivity index is 1.86. The second kappa shape index (κ2) is 11.8. The van der Waals surface area contributed by atoms with Crippen LogP contribution in [-0.2, 0) is 11.3 Å².